The molecule has 1 aliphatic rings. The van der Waals surface area contributed by atoms with Gasteiger partial charge in [0.15, 0.2) is 0 Å². The molecular formula is C10H22N2O. The Bertz CT molecular complexity index is 137. The number of unbranched alkanes of at least 4 members (excludes halogenated alkanes) is 1. The quantitative estimate of drug-likeness (QED) is 0.467. The van der Waals surface area contributed by atoms with Crippen LogP contribution in [0.3, 0.4) is 0 Å². The molecule has 0 spiro atoms. The van der Waals surface area contributed by atoms with Gasteiger partial charge in [0.05, 0.1) is 6.10 Å². The summed E-state index contributed by atoms with van der Waals surface area (Å²) in [6.45, 7) is 2.20. The molecule has 2 atom stereocenters. The first kappa shape index (κ1) is 11.0. The largest absolute Gasteiger partial charge is 0.379 e. The zero-order valence-corrected chi connectivity index (χ0v) is 8.75. The van der Waals surface area contributed by atoms with Gasteiger partial charge in [-0.2, -0.15) is 0 Å². The summed E-state index contributed by atoms with van der Waals surface area (Å²) in [5, 5.41) is 0. The van der Waals surface area contributed by atoms with Crippen molar-refractivity contribution in [3.8, 4) is 0 Å². The molecule has 0 bridgehead atoms. The molecule has 0 radical (unpaired) electrons. The van der Waals surface area contributed by atoms with E-state index in [1.165, 1.54) is 25.7 Å². The van der Waals surface area contributed by atoms with Crippen LogP contribution in [0.1, 0.15) is 39.0 Å². The summed E-state index contributed by atoms with van der Waals surface area (Å²) in [4.78, 5) is 0. The second-order valence-corrected chi connectivity index (χ2v) is 3.95. The number of methoxy groups -OCH3 is 1. The third-order valence-electron chi connectivity index (χ3n) is 2.84. The summed E-state index contributed by atoms with van der Waals surface area (Å²) in [6, 6.07) is 0.345. The van der Waals surface area contributed by atoms with Gasteiger partial charge >= 0.3 is 0 Å². The summed E-state index contributed by atoms with van der Waals surface area (Å²) < 4.78 is 5.48. The van der Waals surface area contributed by atoms with Crippen molar-refractivity contribution in [1.29, 1.82) is 0 Å². The Morgan fingerprint density at radius 1 is 1.54 bits per heavy atom. The average Bonchev–Trinajstić information content (AvgIpc) is 2.95. The standard InChI is InChI=1S/C10H22N2O/c1-3-4-5-9(12-11)10(13-2)8-6-7-8/h8-10,12H,3-7,11H2,1-2H3. The lowest BCUT2D eigenvalue weighted by atomic mass is 10.0. The minimum Gasteiger partial charge on any atom is -0.379 e. The van der Waals surface area contributed by atoms with Crippen LogP contribution in [0.4, 0.5) is 0 Å². The van der Waals surface area contributed by atoms with Gasteiger partial charge in [-0.3, -0.25) is 11.3 Å². The molecule has 78 valence electrons. The third-order valence-corrected chi connectivity index (χ3v) is 2.84. The average molecular weight is 186 g/mol. The summed E-state index contributed by atoms with van der Waals surface area (Å²) in [5.41, 5.74) is 2.88. The fraction of sp³-hybridized carbons (Fsp3) is 1.00. The molecule has 0 aromatic heterocycles. The molecule has 3 heteroatoms. The van der Waals surface area contributed by atoms with E-state index in [-0.39, 0.29) is 0 Å². The number of hydrogen-bond acceptors (Lipinski definition) is 3. The molecule has 1 fully saturated rings. The first-order valence-electron chi connectivity index (χ1n) is 5.32. The highest BCUT2D eigenvalue weighted by molar-refractivity contribution is 4.89. The monoisotopic (exact) mass is 186 g/mol. The lowest BCUT2D eigenvalue weighted by Gasteiger charge is -2.25. The highest BCUT2D eigenvalue weighted by atomic mass is 16.5. The minimum atomic E-state index is 0.330. The van der Waals surface area contributed by atoms with Crippen LogP contribution in [-0.4, -0.2) is 19.3 Å². The van der Waals surface area contributed by atoms with Gasteiger partial charge in [0.2, 0.25) is 0 Å². The Hall–Kier alpha value is -0.120. The van der Waals surface area contributed by atoms with Crippen LogP contribution >= 0.6 is 0 Å². The number of rotatable bonds is 7. The lowest BCUT2D eigenvalue weighted by molar-refractivity contribution is 0.0477. The SMILES string of the molecule is CCCCC(NN)C(OC)C1CC1. The van der Waals surface area contributed by atoms with E-state index < -0.39 is 0 Å². The van der Waals surface area contributed by atoms with Crippen LogP contribution in [0.2, 0.25) is 0 Å². The van der Waals surface area contributed by atoms with Crippen molar-refractivity contribution in [3.05, 3.63) is 0 Å². The highest BCUT2D eigenvalue weighted by Crippen LogP contribution is 2.36. The maximum absolute atomic E-state index is 5.53. The molecule has 0 aliphatic heterocycles. The Morgan fingerprint density at radius 3 is 2.62 bits per heavy atom. The summed E-state index contributed by atoms with van der Waals surface area (Å²) in [5.74, 6) is 6.28. The third kappa shape index (κ3) is 3.25. The molecule has 1 aliphatic carbocycles. The van der Waals surface area contributed by atoms with E-state index in [1.807, 2.05) is 0 Å². The molecule has 3 N–H and O–H groups in total. The van der Waals surface area contributed by atoms with Crippen molar-refractivity contribution in [2.45, 2.75) is 51.2 Å². The molecule has 3 nitrogen and oxygen atoms in total. The van der Waals surface area contributed by atoms with E-state index in [0.29, 0.717) is 12.1 Å². The molecule has 1 saturated carbocycles. The molecule has 0 amide bonds. The van der Waals surface area contributed by atoms with Gasteiger partial charge in [0, 0.05) is 13.2 Å². The maximum atomic E-state index is 5.53. The Morgan fingerprint density at radius 2 is 2.23 bits per heavy atom. The first-order chi connectivity index (χ1) is 6.33. The molecule has 0 saturated heterocycles. The molecule has 0 aromatic carbocycles. The fourth-order valence-electron chi connectivity index (χ4n) is 1.88. The van der Waals surface area contributed by atoms with Crippen LogP contribution in [0.15, 0.2) is 0 Å². The summed E-state index contributed by atoms with van der Waals surface area (Å²) in [6.07, 6.45) is 6.52. The fourth-order valence-corrected chi connectivity index (χ4v) is 1.88. The van der Waals surface area contributed by atoms with E-state index in [2.05, 4.69) is 12.3 Å². The van der Waals surface area contributed by atoms with Crippen LogP contribution in [0, 0.1) is 5.92 Å². The molecule has 0 aromatic rings. The van der Waals surface area contributed by atoms with E-state index in [4.69, 9.17) is 10.6 Å². The van der Waals surface area contributed by atoms with Crippen LogP contribution < -0.4 is 11.3 Å². The number of hydrogen-bond donors (Lipinski definition) is 2. The second-order valence-electron chi connectivity index (χ2n) is 3.95. The van der Waals surface area contributed by atoms with Crippen LogP contribution in [0.25, 0.3) is 0 Å². The predicted molar refractivity (Wildman–Crippen MR) is 54.2 cm³/mol. The molecule has 0 heterocycles. The summed E-state index contributed by atoms with van der Waals surface area (Å²) >= 11 is 0. The van der Waals surface area contributed by atoms with E-state index in [1.54, 1.807) is 7.11 Å². The van der Waals surface area contributed by atoms with Gasteiger partial charge in [-0.05, 0) is 25.2 Å². The topological polar surface area (TPSA) is 47.3 Å². The molecule has 1 rings (SSSR count). The smallest absolute Gasteiger partial charge is 0.0765 e. The van der Waals surface area contributed by atoms with Gasteiger partial charge < -0.3 is 4.74 Å². The minimum absolute atomic E-state index is 0.330. The molecule has 2 unspecified atom stereocenters. The van der Waals surface area contributed by atoms with Crippen molar-refractivity contribution in [2.24, 2.45) is 11.8 Å². The van der Waals surface area contributed by atoms with Gasteiger partial charge in [0.1, 0.15) is 0 Å². The normalized spacial score (nSPS) is 21.5. The van der Waals surface area contributed by atoms with Crippen LogP contribution in [-0.2, 0) is 4.74 Å². The van der Waals surface area contributed by atoms with Crippen LogP contribution in [0.5, 0.6) is 0 Å². The molecular weight excluding hydrogens is 164 g/mol. The Labute approximate surface area is 81.0 Å². The molecule has 13 heavy (non-hydrogen) atoms. The van der Waals surface area contributed by atoms with Crippen molar-refractivity contribution >= 4 is 0 Å². The number of hydrazine groups is 1. The Balaban J connectivity index is 2.32. The van der Waals surface area contributed by atoms with Crippen molar-refractivity contribution in [3.63, 3.8) is 0 Å². The second kappa shape index (κ2) is 5.58. The number of nitrogens with one attached hydrogen (secondary N) is 1. The Kier molecular flexibility index (Phi) is 4.70. The van der Waals surface area contributed by atoms with Crippen molar-refractivity contribution in [2.75, 3.05) is 7.11 Å². The number of nitrogens with two attached hydrogens (primary N) is 1. The van der Waals surface area contributed by atoms with Gasteiger partial charge in [-0.15, -0.1) is 0 Å². The predicted octanol–water partition coefficient (Wildman–Crippen LogP) is 1.43. The van der Waals surface area contributed by atoms with Crippen molar-refractivity contribution in [1.82, 2.24) is 5.43 Å². The zero-order valence-electron chi connectivity index (χ0n) is 8.75. The van der Waals surface area contributed by atoms with E-state index in [9.17, 15) is 0 Å². The van der Waals surface area contributed by atoms with Gasteiger partial charge in [-0.1, -0.05) is 19.8 Å². The first-order valence-corrected chi connectivity index (χ1v) is 5.32. The summed E-state index contributed by atoms with van der Waals surface area (Å²) in [7, 11) is 1.79. The van der Waals surface area contributed by atoms with Gasteiger partial charge in [0.25, 0.3) is 0 Å². The highest BCUT2D eigenvalue weighted by Gasteiger charge is 2.35. The van der Waals surface area contributed by atoms with Crippen molar-refractivity contribution < 1.29 is 4.74 Å². The zero-order chi connectivity index (χ0) is 9.68. The number of ether oxygens (including phenoxy) is 1. The maximum Gasteiger partial charge on any atom is 0.0765 e. The van der Waals surface area contributed by atoms with E-state index in [0.717, 1.165) is 12.3 Å². The van der Waals surface area contributed by atoms with E-state index >= 15 is 0 Å². The lowest BCUT2D eigenvalue weighted by Crippen LogP contribution is -2.45. The van der Waals surface area contributed by atoms with Gasteiger partial charge in [-0.25, -0.2) is 0 Å².